The van der Waals surface area contributed by atoms with E-state index in [1.807, 2.05) is 33.8 Å². The first kappa shape index (κ1) is 20.7. The summed E-state index contributed by atoms with van der Waals surface area (Å²) in [6, 6.07) is 6.23. The van der Waals surface area contributed by atoms with Crippen LogP contribution in [0.5, 0.6) is 0 Å². The van der Waals surface area contributed by atoms with E-state index in [0.717, 1.165) is 28.3 Å². The minimum atomic E-state index is -0.0172. The van der Waals surface area contributed by atoms with Crippen LogP contribution in [0.2, 0.25) is 0 Å². The zero-order valence-electron chi connectivity index (χ0n) is 18.3. The van der Waals surface area contributed by atoms with Crippen molar-refractivity contribution in [2.45, 2.75) is 61.4 Å². The molecule has 2 heterocycles. The van der Waals surface area contributed by atoms with Crippen LogP contribution >= 0.6 is 0 Å². The normalized spacial score (nSPS) is 11.0. The summed E-state index contributed by atoms with van der Waals surface area (Å²) in [5, 5.41) is 7.65. The second-order valence-electron chi connectivity index (χ2n) is 7.84. The average molecular weight is 392 g/mol. The molecule has 3 aromatic rings. The summed E-state index contributed by atoms with van der Waals surface area (Å²) in [4.78, 5) is 21.6. The third kappa shape index (κ3) is 4.53. The molecule has 0 saturated heterocycles. The van der Waals surface area contributed by atoms with Gasteiger partial charge in [-0.3, -0.25) is 4.79 Å². The first-order valence-electron chi connectivity index (χ1n) is 9.87. The van der Waals surface area contributed by atoms with Crippen LogP contribution in [0.15, 0.2) is 18.2 Å². The monoisotopic (exact) mass is 391 g/mol. The number of carbonyl (C=O) groups is 1. The van der Waals surface area contributed by atoms with E-state index in [4.69, 9.17) is 0 Å². The lowest BCUT2D eigenvalue weighted by Crippen LogP contribution is -2.25. The number of rotatable bonds is 5. The van der Waals surface area contributed by atoms with Crippen molar-refractivity contribution in [1.29, 1.82) is 0 Å². The molecular formula is C23H29N5O. The summed E-state index contributed by atoms with van der Waals surface area (Å²) >= 11 is 0. The van der Waals surface area contributed by atoms with Crippen LogP contribution < -0.4 is 5.32 Å². The van der Waals surface area contributed by atoms with Crippen molar-refractivity contribution >= 4 is 5.91 Å². The number of aromatic nitrogens is 4. The summed E-state index contributed by atoms with van der Waals surface area (Å²) in [6.45, 7) is 14.5. The summed E-state index contributed by atoms with van der Waals surface area (Å²) in [6.07, 6.45) is 0.284. The molecule has 0 atom stereocenters. The zero-order chi connectivity index (χ0) is 21.3. The Hall–Kier alpha value is -3.02. The van der Waals surface area contributed by atoms with Crippen molar-refractivity contribution in [2.24, 2.45) is 0 Å². The Morgan fingerprint density at radius 3 is 2.07 bits per heavy atom. The molecule has 0 unspecified atom stereocenters. The summed E-state index contributed by atoms with van der Waals surface area (Å²) in [7, 11) is 0. The number of aryl methyl sites for hydroxylation is 6. The molecule has 0 radical (unpaired) electrons. The molecule has 3 rings (SSSR count). The van der Waals surface area contributed by atoms with E-state index in [-0.39, 0.29) is 12.3 Å². The molecule has 1 amide bonds. The Kier molecular flexibility index (Phi) is 5.82. The van der Waals surface area contributed by atoms with Gasteiger partial charge in [-0.15, -0.1) is 0 Å². The molecule has 0 aliphatic rings. The van der Waals surface area contributed by atoms with Gasteiger partial charge in [-0.05, 0) is 71.2 Å². The van der Waals surface area contributed by atoms with Crippen molar-refractivity contribution in [1.82, 2.24) is 25.1 Å². The maximum atomic E-state index is 12.7. The molecule has 0 saturated carbocycles. The third-order valence-corrected chi connectivity index (χ3v) is 5.24. The highest BCUT2D eigenvalue weighted by atomic mass is 16.1. The highest BCUT2D eigenvalue weighted by molar-refractivity contribution is 5.79. The maximum absolute atomic E-state index is 12.7. The summed E-state index contributed by atoms with van der Waals surface area (Å²) in [5.74, 6) is 0.525. The quantitative estimate of drug-likeness (QED) is 0.720. The molecule has 1 aromatic carbocycles. The molecule has 0 aliphatic heterocycles. The van der Waals surface area contributed by atoms with Gasteiger partial charge in [0.25, 0.3) is 5.95 Å². The fraction of sp³-hybridized carbons (Fsp3) is 0.391. The molecule has 0 aliphatic carbocycles. The van der Waals surface area contributed by atoms with Crippen LogP contribution in [-0.2, 0) is 17.8 Å². The van der Waals surface area contributed by atoms with Crippen LogP contribution in [0.3, 0.4) is 0 Å². The van der Waals surface area contributed by atoms with E-state index < -0.39 is 0 Å². The van der Waals surface area contributed by atoms with Crippen molar-refractivity contribution in [3.63, 3.8) is 0 Å². The van der Waals surface area contributed by atoms with E-state index in [2.05, 4.69) is 53.3 Å². The van der Waals surface area contributed by atoms with Crippen molar-refractivity contribution in [3.8, 4) is 5.95 Å². The van der Waals surface area contributed by atoms with Crippen LogP contribution in [0.25, 0.3) is 5.95 Å². The van der Waals surface area contributed by atoms with Crippen molar-refractivity contribution in [2.75, 3.05) is 0 Å². The fourth-order valence-corrected chi connectivity index (χ4v) is 3.83. The fourth-order valence-electron chi connectivity index (χ4n) is 3.83. The molecule has 6 heteroatoms. The number of hydrogen-bond acceptors (Lipinski definition) is 4. The lowest BCUT2D eigenvalue weighted by atomic mass is 10.00. The SMILES string of the molecule is Cc1cc(C)c(CNC(=O)Cc2c(C)nn(-c3nc(C)cc(C)n3)c2C)c(C)c1. The molecule has 0 bridgehead atoms. The number of benzene rings is 1. The second-order valence-corrected chi connectivity index (χ2v) is 7.84. The molecule has 152 valence electrons. The van der Waals surface area contributed by atoms with Crippen LogP contribution in [0.1, 0.15) is 50.6 Å². The van der Waals surface area contributed by atoms with Crippen molar-refractivity contribution < 1.29 is 4.79 Å². The average Bonchev–Trinajstić information content (AvgIpc) is 2.88. The van der Waals surface area contributed by atoms with Gasteiger partial charge in [-0.25, -0.2) is 14.6 Å². The Morgan fingerprint density at radius 1 is 0.897 bits per heavy atom. The van der Waals surface area contributed by atoms with Gasteiger partial charge in [0.1, 0.15) is 0 Å². The molecule has 0 spiro atoms. The highest BCUT2D eigenvalue weighted by Gasteiger charge is 2.18. The van der Waals surface area contributed by atoms with E-state index in [0.29, 0.717) is 12.5 Å². The molecular weight excluding hydrogens is 362 g/mol. The van der Waals surface area contributed by atoms with Gasteiger partial charge in [0.05, 0.1) is 12.1 Å². The van der Waals surface area contributed by atoms with Gasteiger partial charge in [0.2, 0.25) is 5.91 Å². The standard InChI is InChI=1S/C23H29N5O/c1-13-8-14(2)21(15(3)9-13)12-24-22(29)11-20-18(6)27-28(19(20)7)23-25-16(4)10-17(5)26-23/h8-10H,11-12H2,1-7H3,(H,24,29). The lowest BCUT2D eigenvalue weighted by molar-refractivity contribution is -0.120. The van der Waals surface area contributed by atoms with Gasteiger partial charge in [-0.2, -0.15) is 5.10 Å². The highest BCUT2D eigenvalue weighted by Crippen LogP contribution is 2.18. The summed E-state index contributed by atoms with van der Waals surface area (Å²) in [5.41, 5.74) is 9.24. The predicted octanol–water partition coefficient (Wildman–Crippen LogP) is 3.68. The number of amides is 1. The first-order chi connectivity index (χ1) is 13.7. The van der Waals surface area contributed by atoms with Gasteiger partial charge >= 0.3 is 0 Å². The van der Waals surface area contributed by atoms with Gasteiger partial charge < -0.3 is 5.32 Å². The third-order valence-electron chi connectivity index (χ3n) is 5.24. The zero-order valence-corrected chi connectivity index (χ0v) is 18.3. The van der Waals surface area contributed by atoms with E-state index in [1.54, 1.807) is 4.68 Å². The Labute approximate surface area is 172 Å². The molecule has 2 aromatic heterocycles. The van der Waals surface area contributed by atoms with Gasteiger partial charge in [0, 0.05) is 29.2 Å². The minimum absolute atomic E-state index is 0.0172. The van der Waals surface area contributed by atoms with Crippen LogP contribution in [0.4, 0.5) is 0 Å². The number of hydrogen-bond donors (Lipinski definition) is 1. The Morgan fingerprint density at radius 2 is 1.48 bits per heavy atom. The number of nitrogens with zero attached hydrogens (tertiary/aromatic N) is 4. The van der Waals surface area contributed by atoms with E-state index in [9.17, 15) is 4.79 Å². The summed E-state index contributed by atoms with van der Waals surface area (Å²) < 4.78 is 1.73. The molecule has 6 nitrogen and oxygen atoms in total. The predicted molar refractivity (Wildman–Crippen MR) is 114 cm³/mol. The minimum Gasteiger partial charge on any atom is -0.352 e. The molecule has 1 N–H and O–H groups in total. The van der Waals surface area contributed by atoms with Crippen molar-refractivity contribution in [3.05, 3.63) is 68.8 Å². The van der Waals surface area contributed by atoms with Gasteiger partial charge in [0.15, 0.2) is 0 Å². The number of carbonyl (C=O) groups excluding carboxylic acids is 1. The largest absolute Gasteiger partial charge is 0.352 e. The van der Waals surface area contributed by atoms with Crippen LogP contribution in [-0.4, -0.2) is 25.7 Å². The molecule has 0 fully saturated rings. The molecule has 29 heavy (non-hydrogen) atoms. The van der Waals surface area contributed by atoms with E-state index in [1.165, 1.54) is 22.3 Å². The second kappa shape index (κ2) is 8.15. The van der Waals surface area contributed by atoms with Crippen LogP contribution in [0, 0.1) is 48.5 Å². The van der Waals surface area contributed by atoms with E-state index >= 15 is 0 Å². The number of nitrogens with one attached hydrogen (secondary N) is 1. The smallest absolute Gasteiger partial charge is 0.251 e. The maximum Gasteiger partial charge on any atom is 0.251 e. The topological polar surface area (TPSA) is 72.7 Å². The lowest BCUT2D eigenvalue weighted by Gasteiger charge is -2.12. The Balaban J connectivity index is 1.77. The first-order valence-corrected chi connectivity index (χ1v) is 9.87. The van der Waals surface area contributed by atoms with Gasteiger partial charge in [-0.1, -0.05) is 17.7 Å². The Bertz CT molecular complexity index is 1040.